The summed E-state index contributed by atoms with van der Waals surface area (Å²) in [6, 6.07) is 11.8. The van der Waals surface area contributed by atoms with E-state index < -0.39 is 5.82 Å². The Balaban J connectivity index is 2.00. The topological polar surface area (TPSA) is 44.1 Å². The summed E-state index contributed by atoms with van der Waals surface area (Å²) in [6.45, 7) is 0.261. The maximum atomic E-state index is 13.7. The van der Waals surface area contributed by atoms with Crippen LogP contribution in [0, 0.1) is 5.82 Å². The summed E-state index contributed by atoms with van der Waals surface area (Å²) in [5, 5.41) is 0.550. The van der Waals surface area contributed by atoms with Crippen LogP contribution in [-0.4, -0.2) is 16.7 Å². The van der Waals surface area contributed by atoms with E-state index in [0.29, 0.717) is 16.5 Å². The summed E-state index contributed by atoms with van der Waals surface area (Å²) in [6.07, 6.45) is 1.48. The number of aromatic nitrogens is 2. The number of hydrogen-bond donors (Lipinski definition) is 0. The third-order valence-electron chi connectivity index (χ3n) is 3.30. The molecule has 0 amide bonds. The van der Waals surface area contributed by atoms with Crippen molar-refractivity contribution in [2.24, 2.45) is 0 Å². The van der Waals surface area contributed by atoms with Gasteiger partial charge in [0.15, 0.2) is 11.6 Å². The van der Waals surface area contributed by atoms with Gasteiger partial charge in [-0.25, -0.2) is 9.37 Å². The quantitative estimate of drug-likeness (QED) is 0.742. The first-order valence-corrected chi connectivity index (χ1v) is 6.45. The summed E-state index contributed by atoms with van der Waals surface area (Å²) in [5.41, 5.74) is 1.18. The first-order chi connectivity index (χ1) is 10.2. The van der Waals surface area contributed by atoms with Gasteiger partial charge in [-0.2, -0.15) is 0 Å². The molecular weight excluding hydrogens is 271 g/mol. The van der Waals surface area contributed by atoms with Crippen molar-refractivity contribution in [1.82, 2.24) is 9.55 Å². The largest absolute Gasteiger partial charge is 0.494 e. The third-order valence-corrected chi connectivity index (χ3v) is 3.30. The molecule has 0 fully saturated rings. The first kappa shape index (κ1) is 13.3. The predicted molar refractivity (Wildman–Crippen MR) is 78.1 cm³/mol. The van der Waals surface area contributed by atoms with E-state index >= 15 is 0 Å². The molecule has 1 heterocycles. The van der Waals surface area contributed by atoms with E-state index in [4.69, 9.17) is 4.74 Å². The van der Waals surface area contributed by atoms with E-state index in [-0.39, 0.29) is 17.9 Å². The molecule has 5 heteroatoms. The predicted octanol–water partition coefficient (Wildman–Crippen LogP) is 2.59. The van der Waals surface area contributed by atoms with E-state index in [1.54, 1.807) is 30.3 Å². The fraction of sp³-hybridized carbons (Fsp3) is 0.125. The van der Waals surface area contributed by atoms with E-state index in [0.717, 1.165) is 0 Å². The molecule has 0 bridgehead atoms. The van der Waals surface area contributed by atoms with Crippen LogP contribution in [0.3, 0.4) is 0 Å². The van der Waals surface area contributed by atoms with E-state index in [1.165, 1.54) is 24.1 Å². The monoisotopic (exact) mass is 284 g/mol. The van der Waals surface area contributed by atoms with Crippen LogP contribution in [0.4, 0.5) is 4.39 Å². The average Bonchev–Trinajstić information content (AvgIpc) is 2.51. The highest BCUT2D eigenvalue weighted by molar-refractivity contribution is 5.76. The Morgan fingerprint density at radius 1 is 1.24 bits per heavy atom. The molecule has 3 aromatic rings. The molecular formula is C16H13FN2O2. The van der Waals surface area contributed by atoms with Crippen molar-refractivity contribution >= 4 is 10.9 Å². The van der Waals surface area contributed by atoms with Crippen LogP contribution < -0.4 is 10.3 Å². The van der Waals surface area contributed by atoms with Gasteiger partial charge in [-0.15, -0.1) is 0 Å². The zero-order chi connectivity index (χ0) is 14.8. The van der Waals surface area contributed by atoms with Gasteiger partial charge in [0, 0.05) is 0 Å². The lowest BCUT2D eigenvalue weighted by atomic mass is 10.2. The van der Waals surface area contributed by atoms with Gasteiger partial charge in [0.2, 0.25) is 0 Å². The van der Waals surface area contributed by atoms with Gasteiger partial charge in [-0.3, -0.25) is 9.36 Å². The summed E-state index contributed by atoms with van der Waals surface area (Å²) in [7, 11) is 1.41. The highest BCUT2D eigenvalue weighted by atomic mass is 19.1. The molecule has 0 saturated carbocycles. The molecule has 2 aromatic carbocycles. The van der Waals surface area contributed by atoms with Crippen molar-refractivity contribution in [2.45, 2.75) is 6.54 Å². The van der Waals surface area contributed by atoms with Crippen molar-refractivity contribution in [2.75, 3.05) is 7.11 Å². The van der Waals surface area contributed by atoms with Crippen molar-refractivity contribution in [3.05, 3.63) is 70.5 Å². The Labute approximate surface area is 120 Å². The van der Waals surface area contributed by atoms with Gasteiger partial charge in [0.05, 0.1) is 30.9 Å². The highest BCUT2D eigenvalue weighted by Gasteiger charge is 2.07. The molecule has 1 aromatic heterocycles. The van der Waals surface area contributed by atoms with Crippen LogP contribution in [0.2, 0.25) is 0 Å². The average molecular weight is 284 g/mol. The minimum absolute atomic E-state index is 0.142. The minimum atomic E-state index is -0.447. The van der Waals surface area contributed by atoms with Crippen LogP contribution in [0.1, 0.15) is 5.56 Å². The summed E-state index contributed by atoms with van der Waals surface area (Å²) < 4.78 is 20.0. The zero-order valence-corrected chi connectivity index (χ0v) is 11.4. The Bertz CT molecular complexity index is 858. The Hall–Kier alpha value is -2.69. The van der Waals surface area contributed by atoms with Crippen molar-refractivity contribution in [3.63, 3.8) is 0 Å². The molecule has 0 unspecified atom stereocenters. The fourth-order valence-electron chi connectivity index (χ4n) is 2.22. The van der Waals surface area contributed by atoms with Crippen molar-refractivity contribution < 1.29 is 9.13 Å². The SMILES string of the molecule is COc1ccc(Cn2cnc3ccccc3c2=O)cc1F. The smallest absolute Gasteiger partial charge is 0.261 e. The minimum Gasteiger partial charge on any atom is -0.494 e. The number of para-hydroxylation sites is 1. The van der Waals surface area contributed by atoms with Gasteiger partial charge >= 0.3 is 0 Å². The number of rotatable bonds is 3. The molecule has 0 aliphatic heterocycles. The van der Waals surface area contributed by atoms with Crippen LogP contribution in [-0.2, 0) is 6.54 Å². The normalized spacial score (nSPS) is 10.8. The third kappa shape index (κ3) is 2.50. The Morgan fingerprint density at radius 2 is 2.05 bits per heavy atom. The lowest BCUT2D eigenvalue weighted by molar-refractivity contribution is 0.386. The molecule has 3 rings (SSSR count). The highest BCUT2D eigenvalue weighted by Crippen LogP contribution is 2.18. The second-order valence-corrected chi connectivity index (χ2v) is 4.66. The molecule has 0 aliphatic carbocycles. The molecule has 106 valence electrons. The fourth-order valence-corrected chi connectivity index (χ4v) is 2.22. The number of benzene rings is 2. The Kier molecular flexibility index (Phi) is 3.39. The second-order valence-electron chi connectivity index (χ2n) is 4.66. The van der Waals surface area contributed by atoms with Crippen LogP contribution in [0.15, 0.2) is 53.6 Å². The standard InChI is InChI=1S/C16H13FN2O2/c1-21-15-7-6-11(8-13(15)17)9-19-10-18-14-5-3-2-4-12(14)16(19)20/h2-8,10H,9H2,1H3. The van der Waals surface area contributed by atoms with Crippen LogP contribution in [0.5, 0.6) is 5.75 Å². The first-order valence-electron chi connectivity index (χ1n) is 6.45. The lowest BCUT2D eigenvalue weighted by Crippen LogP contribution is -2.21. The van der Waals surface area contributed by atoms with Crippen LogP contribution >= 0.6 is 0 Å². The zero-order valence-electron chi connectivity index (χ0n) is 11.4. The second kappa shape index (κ2) is 5.36. The molecule has 0 N–H and O–H groups in total. The van der Waals surface area contributed by atoms with E-state index in [9.17, 15) is 9.18 Å². The molecule has 0 atom stereocenters. The molecule has 21 heavy (non-hydrogen) atoms. The van der Waals surface area contributed by atoms with Gasteiger partial charge in [0.25, 0.3) is 5.56 Å². The van der Waals surface area contributed by atoms with Crippen LogP contribution in [0.25, 0.3) is 10.9 Å². The number of hydrogen-bond acceptors (Lipinski definition) is 3. The van der Waals surface area contributed by atoms with Crippen molar-refractivity contribution in [1.29, 1.82) is 0 Å². The molecule has 4 nitrogen and oxygen atoms in total. The number of halogens is 1. The Morgan fingerprint density at radius 3 is 2.81 bits per heavy atom. The maximum absolute atomic E-state index is 13.7. The van der Waals surface area contributed by atoms with Gasteiger partial charge in [-0.1, -0.05) is 18.2 Å². The maximum Gasteiger partial charge on any atom is 0.261 e. The molecule has 0 radical (unpaired) electrons. The van der Waals surface area contributed by atoms with Gasteiger partial charge in [0.1, 0.15) is 0 Å². The number of ether oxygens (including phenoxy) is 1. The number of nitrogens with zero attached hydrogens (tertiary/aromatic N) is 2. The number of fused-ring (bicyclic) bond motifs is 1. The molecule has 0 spiro atoms. The van der Waals surface area contributed by atoms with Crippen molar-refractivity contribution in [3.8, 4) is 5.75 Å². The summed E-state index contributed by atoms with van der Waals surface area (Å²) in [5.74, 6) is -0.264. The molecule has 0 aliphatic rings. The molecule has 0 saturated heterocycles. The summed E-state index contributed by atoms with van der Waals surface area (Å²) in [4.78, 5) is 16.6. The van der Waals surface area contributed by atoms with Gasteiger partial charge in [-0.05, 0) is 29.8 Å². The lowest BCUT2D eigenvalue weighted by Gasteiger charge is -2.08. The van der Waals surface area contributed by atoms with E-state index in [1.807, 2.05) is 6.07 Å². The van der Waals surface area contributed by atoms with E-state index in [2.05, 4.69) is 4.98 Å². The van der Waals surface area contributed by atoms with Gasteiger partial charge < -0.3 is 4.74 Å². The number of methoxy groups -OCH3 is 1. The summed E-state index contributed by atoms with van der Waals surface area (Å²) >= 11 is 0.